The summed E-state index contributed by atoms with van der Waals surface area (Å²) in [6.45, 7) is 0. The molecule has 20 heavy (non-hydrogen) atoms. The van der Waals surface area contributed by atoms with E-state index in [1.54, 1.807) is 29.2 Å². The van der Waals surface area contributed by atoms with Gasteiger partial charge >= 0.3 is 0 Å². The Balaban J connectivity index is 2.05. The number of nitrogens with zero attached hydrogens (tertiary/aromatic N) is 5. The van der Waals surface area contributed by atoms with Crippen LogP contribution in [0.4, 0.5) is 4.39 Å². The lowest BCUT2D eigenvalue weighted by atomic mass is 10.0. The van der Waals surface area contributed by atoms with Crippen LogP contribution in [0, 0.1) is 5.82 Å². The number of fused-ring (bicyclic) bond motifs is 2. The minimum Gasteiger partial charge on any atom is -0.272 e. The summed E-state index contributed by atoms with van der Waals surface area (Å²) in [7, 11) is 0. The smallest absolute Gasteiger partial charge is 0.254 e. The summed E-state index contributed by atoms with van der Waals surface area (Å²) >= 11 is 0. The fourth-order valence-corrected chi connectivity index (χ4v) is 2.25. The largest absolute Gasteiger partial charge is 0.272 e. The van der Waals surface area contributed by atoms with Gasteiger partial charge in [-0.2, -0.15) is 0 Å². The van der Waals surface area contributed by atoms with Crippen molar-refractivity contribution < 1.29 is 4.39 Å². The van der Waals surface area contributed by atoms with Crippen LogP contribution in [0.1, 0.15) is 0 Å². The maximum absolute atomic E-state index is 13.8. The predicted molar refractivity (Wildman–Crippen MR) is 71.5 cm³/mol. The van der Waals surface area contributed by atoms with E-state index < -0.39 is 0 Å². The van der Waals surface area contributed by atoms with Gasteiger partial charge in [0.1, 0.15) is 12.1 Å². The van der Waals surface area contributed by atoms with E-state index in [0.717, 1.165) is 16.5 Å². The van der Waals surface area contributed by atoms with Crippen LogP contribution in [0.25, 0.3) is 27.8 Å². The van der Waals surface area contributed by atoms with Crippen molar-refractivity contribution in [2.24, 2.45) is 0 Å². The Hall–Kier alpha value is -2.89. The van der Waals surface area contributed by atoms with Gasteiger partial charge in [-0.15, -0.1) is 10.2 Å². The highest BCUT2D eigenvalue weighted by Gasteiger charge is 2.09. The molecule has 0 saturated heterocycles. The third-order valence-electron chi connectivity index (χ3n) is 3.13. The fraction of sp³-hybridized carbons (Fsp3) is 0. The lowest BCUT2D eigenvalue weighted by Gasteiger charge is -2.06. The standard InChI is InChI=1S/C14H8FN5/c15-11-4-9-2-1-3-16-13(9)12(5-11)10-6-17-14-19-18-8-20(14)7-10/h1-8H. The van der Waals surface area contributed by atoms with Gasteiger partial charge in [0.25, 0.3) is 5.78 Å². The molecule has 0 aliphatic carbocycles. The van der Waals surface area contributed by atoms with Crippen LogP contribution >= 0.6 is 0 Å². The molecule has 0 spiro atoms. The monoisotopic (exact) mass is 265 g/mol. The first-order valence-corrected chi connectivity index (χ1v) is 6.01. The Morgan fingerprint density at radius 3 is 3.05 bits per heavy atom. The average molecular weight is 265 g/mol. The van der Waals surface area contributed by atoms with Crippen molar-refractivity contribution in [3.8, 4) is 11.1 Å². The molecule has 4 aromatic rings. The van der Waals surface area contributed by atoms with Gasteiger partial charge in [-0.1, -0.05) is 6.07 Å². The van der Waals surface area contributed by atoms with E-state index in [-0.39, 0.29) is 5.82 Å². The lowest BCUT2D eigenvalue weighted by Crippen LogP contribution is -1.92. The fourth-order valence-electron chi connectivity index (χ4n) is 2.25. The summed E-state index contributed by atoms with van der Waals surface area (Å²) in [4.78, 5) is 8.52. The molecule has 4 rings (SSSR count). The second kappa shape index (κ2) is 4.06. The molecule has 0 unspecified atom stereocenters. The van der Waals surface area contributed by atoms with Gasteiger partial charge in [-0.25, -0.2) is 9.37 Å². The molecular formula is C14H8FN5. The maximum Gasteiger partial charge on any atom is 0.254 e. The van der Waals surface area contributed by atoms with Gasteiger partial charge in [0.15, 0.2) is 0 Å². The topological polar surface area (TPSA) is 56.0 Å². The molecule has 0 aliphatic heterocycles. The lowest BCUT2D eigenvalue weighted by molar-refractivity contribution is 0.630. The molecule has 96 valence electrons. The summed E-state index contributed by atoms with van der Waals surface area (Å²) in [6, 6.07) is 6.55. The molecule has 0 fully saturated rings. The van der Waals surface area contributed by atoms with E-state index in [9.17, 15) is 4.39 Å². The van der Waals surface area contributed by atoms with Gasteiger partial charge in [-0.3, -0.25) is 9.38 Å². The first-order valence-electron chi connectivity index (χ1n) is 6.01. The summed E-state index contributed by atoms with van der Waals surface area (Å²) in [5, 5.41) is 8.38. The van der Waals surface area contributed by atoms with Crippen LogP contribution in [0.15, 0.2) is 49.2 Å². The minimum absolute atomic E-state index is 0.302. The molecule has 0 bridgehead atoms. The van der Waals surface area contributed by atoms with Crippen LogP contribution in [0.3, 0.4) is 0 Å². The second-order valence-electron chi connectivity index (χ2n) is 4.41. The molecule has 6 heteroatoms. The number of halogens is 1. The molecule has 0 saturated carbocycles. The number of hydrogen-bond donors (Lipinski definition) is 0. The van der Waals surface area contributed by atoms with Gasteiger partial charge in [0, 0.05) is 35.1 Å². The van der Waals surface area contributed by atoms with Crippen molar-refractivity contribution in [3.05, 3.63) is 55.0 Å². The molecular weight excluding hydrogens is 257 g/mol. The molecule has 5 nitrogen and oxygen atoms in total. The Kier molecular flexibility index (Phi) is 2.23. The first kappa shape index (κ1) is 11.0. The minimum atomic E-state index is -0.302. The van der Waals surface area contributed by atoms with Crippen molar-refractivity contribution in [2.75, 3.05) is 0 Å². The Labute approximate surface area is 112 Å². The highest BCUT2D eigenvalue weighted by molar-refractivity contribution is 5.93. The van der Waals surface area contributed by atoms with Crippen molar-refractivity contribution in [1.29, 1.82) is 0 Å². The number of pyridine rings is 1. The Bertz CT molecular complexity index is 931. The maximum atomic E-state index is 13.8. The number of aromatic nitrogens is 5. The van der Waals surface area contributed by atoms with Crippen LogP contribution in [0.2, 0.25) is 0 Å². The van der Waals surface area contributed by atoms with Crippen molar-refractivity contribution in [1.82, 2.24) is 24.6 Å². The van der Waals surface area contributed by atoms with Crippen LogP contribution in [-0.4, -0.2) is 24.6 Å². The SMILES string of the molecule is Fc1cc(-c2cnc3nncn3c2)c2ncccc2c1. The summed E-state index contributed by atoms with van der Waals surface area (Å²) in [5.74, 6) is 0.201. The quantitative estimate of drug-likeness (QED) is 0.530. The van der Waals surface area contributed by atoms with Gasteiger partial charge in [0.05, 0.1) is 5.52 Å². The van der Waals surface area contributed by atoms with E-state index in [2.05, 4.69) is 20.2 Å². The molecule has 0 amide bonds. The van der Waals surface area contributed by atoms with Gasteiger partial charge < -0.3 is 0 Å². The van der Waals surface area contributed by atoms with Crippen molar-refractivity contribution >= 4 is 16.7 Å². The van der Waals surface area contributed by atoms with E-state index >= 15 is 0 Å². The first-order chi connectivity index (χ1) is 9.81. The van der Waals surface area contributed by atoms with E-state index in [4.69, 9.17) is 0 Å². The molecule has 3 aromatic heterocycles. The predicted octanol–water partition coefficient (Wildman–Crippen LogP) is 2.48. The zero-order valence-electron chi connectivity index (χ0n) is 10.2. The van der Waals surface area contributed by atoms with E-state index in [1.165, 1.54) is 12.1 Å². The summed E-state index contributed by atoms with van der Waals surface area (Å²) in [6.07, 6.45) is 6.70. The highest BCUT2D eigenvalue weighted by atomic mass is 19.1. The van der Waals surface area contributed by atoms with Crippen LogP contribution in [0.5, 0.6) is 0 Å². The second-order valence-corrected chi connectivity index (χ2v) is 4.41. The van der Waals surface area contributed by atoms with Crippen LogP contribution < -0.4 is 0 Å². The molecule has 3 heterocycles. The van der Waals surface area contributed by atoms with Crippen LogP contribution in [-0.2, 0) is 0 Å². The Morgan fingerprint density at radius 2 is 2.10 bits per heavy atom. The summed E-state index contributed by atoms with van der Waals surface area (Å²) in [5.41, 5.74) is 2.20. The normalized spacial score (nSPS) is 11.2. The molecule has 0 radical (unpaired) electrons. The van der Waals surface area contributed by atoms with Gasteiger partial charge in [0.2, 0.25) is 0 Å². The Morgan fingerprint density at radius 1 is 1.15 bits per heavy atom. The van der Waals surface area contributed by atoms with Crippen molar-refractivity contribution in [3.63, 3.8) is 0 Å². The number of benzene rings is 1. The third-order valence-corrected chi connectivity index (χ3v) is 3.13. The van der Waals surface area contributed by atoms with E-state index in [1.807, 2.05) is 12.3 Å². The highest BCUT2D eigenvalue weighted by Crippen LogP contribution is 2.27. The summed E-state index contributed by atoms with van der Waals surface area (Å²) < 4.78 is 15.4. The third kappa shape index (κ3) is 1.62. The number of rotatable bonds is 1. The zero-order chi connectivity index (χ0) is 13.5. The number of hydrogen-bond acceptors (Lipinski definition) is 4. The van der Waals surface area contributed by atoms with Crippen molar-refractivity contribution in [2.45, 2.75) is 0 Å². The molecule has 0 aliphatic rings. The van der Waals surface area contributed by atoms with E-state index in [0.29, 0.717) is 11.3 Å². The van der Waals surface area contributed by atoms with Gasteiger partial charge in [-0.05, 0) is 18.2 Å². The zero-order valence-corrected chi connectivity index (χ0v) is 10.2. The molecule has 1 aromatic carbocycles. The average Bonchev–Trinajstić information content (AvgIpc) is 2.93. The molecule has 0 N–H and O–H groups in total. The molecule has 0 atom stereocenters.